The van der Waals surface area contributed by atoms with E-state index in [1.54, 1.807) is 6.07 Å². The Hall–Kier alpha value is -0.350. The Morgan fingerprint density at radius 1 is 1.26 bits per heavy atom. The first kappa shape index (κ1) is 16.7. The molecule has 0 saturated heterocycles. The summed E-state index contributed by atoms with van der Waals surface area (Å²) in [5.74, 6) is -0.432. The second kappa shape index (κ2) is 8.05. The number of hydrogen-bond acceptors (Lipinski definition) is 2. The summed E-state index contributed by atoms with van der Waals surface area (Å²) >= 11 is 12.1. The molecule has 0 aliphatic carbocycles. The maximum Gasteiger partial charge on any atom is 0.142 e. The molecule has 0 amide bonds. The molecule has 19 heavy (non-hydrogen) atoms. The maximum atomic E-state index is 13.5. The highest BCUT2D eigenvalue weighted by Gasteiger charge is 2.16. The first-order chi connectivity index (χ1) is 9.01. The van der Waals surface area contributed by atoms with Gasteiger partial charge in [0.1, 0.15) is 5.82 Å². The second-order valence-corrected chi connectivity index (χ2v) is 5.24. The van der Waals surface area contributed by atoms with E-state index >= 15 is 0 Å². The minimum Gasteiger partial charge on any atom is -0.309 e. The number of benzene rings is 1. The highest BCUT2D eigenvalue weighted by molar-refractivity contribution is 6.36. The molecule has 0 fully saturated rings. The molecule has 0 aliphatic rings. The Labute approximate surface area is 124 Å². The van der Waals surface area contributed by atoms with Crippen molar-refractivity contribution in [2.45, 2.75) is 26.8 Å². The third-order valence-electron chi connectivity index (χ3n) is 3.29. The fraction of sp³-hybridized carbons (Fsp3) is 0.571. The van der Waals surface area contributed by atoms with E-state index in [9.17, 15) is 4.39 Å². The molecular weight excluding hydrogens is 286 g/mol. The Bertz CT molecular complexity index is 409. The number of hydrogen-bond donors (Lipinski definition) is 1. The zero-order valence-electron chi connectivity index (χ0n) is 11.6. The van der Waals surface area contributed by atoms with Crippen LogP contribution in [0.1, 0.15) is 32.4 Å². The SMILES string of the molecule is CCN(CC)CCNC(C)c1c(Cl)ccc(F)c1Cl. The van der Waals surface area contributed by atoms with Crippen molar-refractivity contribution in [3.8, 4) is 0 Å². The average molecular weight is 307 g/mol. The maximum absolute atomic E-state index is 13.5. The summed E-state index contributed by atoms with van der Waals surface area (Å²) < 4.78 is 13.5. The molecule has 0 aliphatic heterocycles. The van der Waals surface area contributed by atoms with E-state index in [-0.39, 0.29) is 11.1 Å². The van der Waals surface area contributed by atoms with E-state index in [1.165, 1.54) is 6.07 Å². The number of halogens is 3. The summed E-state index contributed by atoms with van der Waals surface area (Å²) in [6.45, 7) is 10.0. The summed E-state index contributed by atoms with van der Waals surface area (Å²) in [6, 6.07) is 2.75. The molecule has 0 heterocycles. The highest BCUT2D eigenvalue weighted by atomic mass is 35.5. The monoisotopic (exact) mass is 306 g/mol. The van der Waals surface area contributed by atoms with Crippen LogP contribution < -0.4 is 5.32 Å². The van der Waals surface area contributed by atoms with Crippen molar-refractivity contribution in [2.24, 2.45) is 0 Å². The van der Waals surface area contributed by atoms with Gasteiger partial charge < -0.3 is 10.2 Å². The van der Waals surface area contributed by atoms with Gasteiger partial charge in [-0.05, 0) is 32.1 Å². The Kier molecular flexibility index (Phi) is 7.08. The van der Waals surface area contributed by atoms with Crippen molar-refractivity contribution in [3.63, 3.8) is 0 Å². The van der Waals surface area contributed by atoms with Crippen LogP contribution in [0.15, 0.2) is 12.1 Å². The molecule has 1 rings (SSSR count). The third-order valence-corrected chi connectivity index (χ3v) is 4.00. The van der Waals surface area contributed by atoms with Crippen LogP contribution in [0.4, 0.5) is 4.39 Å². The summed E-state index contributed by atoms with van der Waals surface area (Å²) in [5, 5.41) is 3.93. The predicted molar refractivity (Wildman–Crippen MR) is 80.6 cm³/mol. The van der Waals surface area contributed by atoms with Gasteiger partial charge in [0.15, 0.2) is 0 Å². The lowest BCUT2D eigenvalue weighted by Crippen LogP contribution is -2.33. The Morgan fingerprint density at radius 2 is 1.89 bits per heavy atom. The van der Waals surface area contributed by atoms with E-state index in [2.05, 4.69) is 24.1 Å². The standard InChI is InChI=1S/C14H21Cl2FN2/c1-4-19(5-2)9-8-18-10(3)13-11(15)6-7-12(17)14(13)16/h6-7,10,18H,4-5,8-9H2,1-3H3. The van der Waals surface area contributed by atoms with Gasteiger partial charge in [-0.2, -0.15) is 0 Å². The van der Waals surface area contributed by atoms with Crippen molar-refractivity contribution >= 4 is 23.2 Å². The predicted octanol–water partition coefficient (Wildman–Crippen LogP) is 4.12. The fourth-order valence-electron chi connectivity index (χ4n) is 2.02. The van der Waals surface area contributed by atoms with Crippen LogP contribution in [0.3, 0.4) is 0 Å². The number of rotatable bonds is 7. The number of nitrogens with one attached hydrogen (secondary N) is 1. The molecule has 0 aromatic heterocycles. The van der Waals surface area contributed by atoms with Crippen molar-refractivity contribution in [2.75, 3.05) is 26.2 Å². The summed E-state index contributed by atoms with van der Waals surface area (Å²) in [4.78, 5) is 2.31. The van der Waals surface area contributed by atoms with E-state index in [0.717, 1.165) is 26.2 Å². The topological polar surface area (TPSA) is 15.3 Å². The lowest BCUT2D eigenvalue weighted by Gasteiger charge is -2.21. The van der Waals surface area contributed by atoms with E-state index in [0.29, 0.717) is 10.6 Å². The van der Waals surface area contributed by atoms with Crippen LogP contribution in [0, 0.1) is 5.82 Å². The van der Waals surface area contributed by atoms with Crippen LogP contribution in [0.2, 0.25) is 10.0 Å². The second-order valence-electron chi connectivity index (χ2n) is 4.46. The Morgan fingerprint density at radius 3 is 2.47 bits per heavy atom. The van der Waals surface area contributed by atoms with Crippen LogP contribution in [0.25, 0.3) is 0 Å². The first-order valence-corrected chi connectivity index (χ1v) is 7.35. The molecule has 1 aromatic rings. The summed E-state index contributed by atoms with van der Waals surface area (Å²) in [7, 11) is 0. The fourth-order valence-corrected chi connectivity index (χ4v) is 2.72. The van der Waals surface area contributed by atoms with E-state index < -0.39 is 5.82 Å². The molecule has 5 heteroatoms. The molecule has 2 nitrogen and oxygen atoms in total. The van der Waals surface area contributed by atoms with Crippen LogP contribution >= 0.6 is 23.2 Å². The van der Waals surface area contributed by atoms with Gasteiger partial charge in [0.05, 0.1) is 5.02 Å². The van der Waals surface area contributed by atoms with E-state index in [4.69, 9.17) is 23.2 Å². The van der Waals surface area contributed by atoms with Gasteiger partial charge in [0.25, 0.3) is 0 Å². The quantitative estimate of drug-likeness (QED) is 0.762. The van der Waals surface area contributed by atoms with Gasteiger partial charge in [-0.1, -0.05) is 37.0 Å². The summed E-state index contributed by atoms with van der Waals surface area (Å²) in [5.41, 5.74) is 0.628. The first-order valence-electron chi connectivity index (χ1n) is 6.60. The van der Waals surface area contributed by atoms with Crippen LogP contribution in [0.5, 0.6) is 0 Å². The lowest BCUT2D eigenvalue weighted by molar-refractivity contribution is 0.298. The van der Waals surface area contributed by atoms with Crippen molar-refractivity contribution in [1.82, 2.24) is 10.2 Å². The lowest BCUT2D eigenvalue weighted by atomic mass is 10.1. The number of likely N-dealkylation sites (N-methyl/N-ethyl adjacent to an activating group) is 1. The zero-order chi connectivity index (χ0) is 14.4. The minimum absolute atomic E-state index is 0.0775. The molecular formula is C14H21Cl2FN2. The van der Waals surface area contributed by atoms with Gasteiger partial charge in [0.2, 0.25) is 0 Å². The van der Waals surface area contributed by atoms with Crippen molar-refractivity contribution < 1.29 is 4.39 Å². The van der Waals surface area contributed by atoms with Crippen molar-refractivity contribution in [1.29, 1.82) is 0 Å². The molecule has 1 aromatic carbocycles. The average Bonchev–Trinajstić information content (AvgIpc) is 2.39. The molecule has 0 spiro atoms. The van der Waals surface area contributed by atoms with Gasteiger partial charge in [0, 0.05) is 29.7 Å². The van der Waals surface area contributed by atoms with Crippen LogP contribution in [-0.2, 0) is 0 Å². The highest BCUT2D eigenvalue weighted by Crippen LogP contribution is 2.32. The molecule has 108 valence electrons. The smallest absolute Gasteiger partial charge is 0.142 e. The normalized spacial score (nSPS) is 13.0. The van der Waals surface area contributed by atoms with Crippen molar-refractivity contribution in [3.05, 3.63) is 33.6 Å². The number of nitrogens with zero attached hydrogens (tertiary/aromatic N) is 1. The third kappa shape index (κ3) is 4.60. The minimum atomic E-state index is -0.432. The Balaban J connectivity index is 2.64. The molecule has 0 saturated carbocycles. The summed E-state index contributed by atoms with van der Waals surface area (Å²) in [6.07, 6.45) is 0. The largest absolute Gasteiger partial charge is 0.309 e. The van der Waals surface area contributed by atoms with Crippen LogP contribution in [-0.4, -0.2) is 31.1 Å². The molecule has 1 unspecified atom stereocenters. The van der Waals surface area contributed by atoms with Gasteiger partial charge in [-0.3, -0.25) is 0 Å². The molecule has 0 bridgehead atoms. The van der Waals surface area contributed by atoms with Gasteiger partial charge in [-0.15, -0.1) is 0 Å². The van der Waals surface area contributed by atoms with Gasteiger partial charge >= 0.3 is 0 Å². The van der Waals surface area contributed by atoms with Gasteiger partial charge in [-0.25, -0.2) is 4.39 Å². The zero-order valence-corrected chi connectivity index (χ0v) is 13.2. The molecule has 0 radical (unpaired) electrons. The molecule has 1 atom stereocenters. The van der Waals surface area contributed by atoms with E-state index in [1.807, 2.05) is 6.92 Å². The molecule has 1 N–H and O–H groups in total.